The predicted molar refractivity (Wildman–Crippen MR) is 74.7 cm³/mol. The van der Waals surface area contributed by atoms with E-state index in [2.05, 4.69) is 29.6 Å². The van der Waals surface area contributed by atoms with E-state index in [0.29, 0.717) is 6.04 Å². The number of fused-ring (bicyclic) bond motifs is 1. The summed E-state index contributed by atoms with van der Waals surface area (Å²) in [4.78, 5) is 0. The summed E-state index contributed by atoms with van der Waals surface area (Å²) in [5.41, 5.74) is 3.16. The minimum Gasteiger partial charge on any atom is -0.309 e. The molecule has 1 aliphatic carbocycles. The summed E-state index contributed by atoms with van der Waals surface area (Å²) in [6.45, 7) is 1.16. The van der Waals surface area contributed by atoms with Gasteiger partial charge >= 0.3 is 0 Å². The Balaban J connectivity index is 0.00000108. The van der Waals surface area contributed by atoms with Crippen LogP contribution in [0.2, 0.25) is 0 Å². The van der Waals surface area contributed by atoms with Gasteiger partial charge in [0.25, 0.3) is 0 Å². The Morgan fingerprint density at radius 3 is 2.59 bits per heavy atom. The monoisotopic (exact) mass is 251 g/mol. The van der Waals surface area contributed by atoms with Gasteiger partial charge in [0.2, 0.25) is 0 Å². The topological polar surface area (TPSA) is 12.0 Å². The first-order valence-electron chi connectivity index (χ1n) is 6.76. The number of hydrogen-bond donors (Lipinski definition) is 1. The van der Waals surface area contributed by atoms with Gasteiger partial charge in [-0.25, -0.2) is 0 Å². The van der Waals surface area contributed by atoms with Crippen LogP contribution in [0.5, 0.6) is 0 Å². The Bertz CT molecular complexity index is 358. The van der Waals surface area contributed by atoms with Crippen molar-refractivity contribution in [3.05, 3.63) is 35.4 Å². The van der Waals surface area contributed by atoms with Gasteiger partial charge in [-0.2, -0.15) is 0 Å². The van der Waals surface area contributed by atoms with Crippen LogP contribution in [-0.4, -0.2) is 6.54 Å². The summed E-state index contributed by atoms with van der Waals surface area (Å²) in [6.07, 6.45) is 8.37. The lowest BCUT2D eigenvalue weighted by molar-refractivity contribution is 0.265. The molecule has 1 aromatic rings. The standard InChI is InChI=1S/C15H21N.ClH/c1-2-7-13(8-3-1)15-14-9-5-4-6-12(14)10-11-16-15;/h4-6,9,13,15-16H,1-3,7-8,10-11H2;1H. The average molecular weight is 252 g/mol. The lowest BCUT2D eigenvalue weighted by atomic mass is 9.78. The molecule has 2 heteroatoms. The van der Waals surface area contributed by atoms with Crippen LogP contribution in [0.3, 0.4) is 0 Å². The van der Waals surface area contributed by atoms with E-state index in [1.54, 1.807) is 11.1 Å². The summed E-state index contributed by atoms with van der Waals surface area (Å²) in [6, 6.07) is 9.67. The molecule has 0 spiro atoms. The molecule has 0 amide bonds. The zero-order chi connectivity index (χ0) is 10.8. The number of halogens is 1. The molecule has 1 N–H and O–H groups in total. The Morgan fingerprint density at radius 1 is 1.00 bits per heavy atom. The molecule has 3 rings (SSSR count). The highest BCUT2D eigenvalue weighted by Crippen LogP contribution is 2.37. The molecule has 1 unspecified atom stereocenters. The van der Waals surface area contributed by atoms with Gasteiger partial charge in [-0.3, -0.25) is 0 Å². The SMILES string of the molecule is Cl.c1ccc2c(c1)CCNC2C1CCCCC1. The lowest BCUT2D eigenvalue weighted by Gasteiger charge is -2.35. The molecule has 0 bridgehead atoms. The van der Waals surface area contributed by atoms with Crippen molar-refractivity contribution in [3.63, 3.8) is 0 Å². The Hall–Kier alpha value is -0.530. The first kappa shape index (κ1) is 12.9. The van der Waals surface area contributed by atoms with Crippen LogP contribution in [-0.2, 0) is 6.42 Å². The third-order valence-electron chi connectivity index (χ3n) is 4.27. The van der Waals surface area contributed by atoms with Crippen molar-refractivity contribution >= 4 is 12.4 Å². The van der Waals surface area contributed by atoms with E-state index in [9.17, 15) is 0 Å². The van der Waals surface area contributed by atoms with Gasteiger partial charge in [0, 0.05) is 6.04 Å². The zero-order valence-corrected chi connectivity index (χ0v) is 11.1. The fourth-order valence-corrected chi connectivity index (χ4v) is 3.43. The van der Waals surface area contributed by atoms with E-state index >= 15 is 0 Å². The Kier molecular flexibility index (Phi) is 4.47. The molecule has 1 aromatic carbocycles. The molecule has 0 saturated heterocycles. The molecule has 17 heavy (non-hydrogen) atoms. The van der Waals surface area contributed by atoms with Gasteiger partial charge in [-0.05, 0) is 42.9 Å². The quantitative estimate of drug-likeness (QED) is 0.799. The lowest BCUT2D eigenvalue weighted by Crippen LogP contribution is -2.35. The van der Waals surface area contributed by atoms with Crippen LogP contribution >= 0.6 is 12.4 Å². The molecule has 0 aromatic heterocycles. The first-order chi connectivity index (χ1) is 7.95. The number of nitrogens with one attached hydrogen (secondary N) is 1. The number of rotatable bonds is 1. The van der Waals surface area contributed by atoms with E-state index in [1.165, 1.54) is 38.5 Å². The van der Waals surface area contributed by atoms with Crippen molar-refractivity contribution in [2.24, 2.45) is 5.92 Å². The largest absolute Gasteiger partial charge is 0.309 e. The number of benzene rings is 1. The Labute approximate surface area is 110 Å². The molecule has 0 radical (unpaired) electrons. The molecule has 1 heterocycles. The molecule has 1 nitrogen and oxygen atoms in total. The van der Waals surface area contributed by atoms with Crippen molar-refractivity contribution in [2.45, 2.75) is 44.6 Å². The van der Waals surface area contributed by atoms with Crippen molar-refractivity contribution in [3.8, 4) is 0 Å². The second-order valence-electron chi connectivity index (χ2n) is 5.28. The molecule has 1 fully saturated rings. The molecular weight excluding hydrogens is 230 g/mol. The average Bonchev–Trinajstić information content (AvgIpc) is 2.39. The normalized spacial score (nSPS) is 24.8. The van der Waals surface area contributed by atoms with Gasteiger partial charge in [0.15, 0.2) is 0 Å². The molecule has 1 saturated carbocycles. The third-order valence-corrected chi connectivity index (χ3v) is 4.27. The minimum absolute atomic E-state index is 0. The fourth-order valence-electron chi connectivity index (χ4n) is 3.43. The van der Waals surface area contributed by atoms with Gasteiger partial charge < -0.3 is 5.32 Å². The zero-order valence-electron chi connectivity index (χ0n) is 10.3. The van der Waals surface area contributed by atoms with Crippen LogP contribution in [0.15, 0.2) is 24.3 Å². The minimum atomic E-state index is 0. The second kappa shape index (κ2) is 5.88. The highest BCUT2D eigenvalue weighted by atomic mass is 35.5. The second-order valence-corrected chi connectivity index (χ2v) is 5.28. The van der Waals surface area contributed by atoms with E-state index in [4.69, 9.17) is 0 Å². The highest BCUT2D eigenvalue weighted by Gasteiger charge is 2.28. The Morgan fingerprint density at radius 2 is 1.76 bits per heavy atom. The summed E-state index contributed by atoms with van der Waals surface area (Å²) in [7, 11) is 0. The maximum absolute atomic E-state index is 3.74. The fraction of sp³-hybridized carbons (Fsp3) is 0.600. The summed E-state index contributed by atoms with van der Waals surface area (Å²) >= 11 is 0. The van der Waals surface area contributed by atoms with Gasteiger partial charge in [-0.15, -0.1) is 12.4 Å². The van der Waals surface area contributed by atoms with Crippen LogP contribution in [0.1, 0.15) is 49.3 Å². The van der Waals surface area contributed by atoms with E-state index in [1.807, 2.05) is 0 Å². The summed E-state index contributed by atoms with van der Waals surface area (Å²) < 4.78 is 0. The molecule has 1 atom stereocenters. The molecular formula is C15H22ClN. The van der Waals surface area contributed by atoms with E-state index < -0.39 is 0 Å². The summed E-state index contributed by atoms with van der Waals surface area (Å²) in [5.74, 6) is 0.884. The smallest absolute Gasteiger partial charge is 0.0351 e. The van der Waals surface area contributed by atoms with Crippen molar-refractivity contribution < 1.29 is 0 Å². The molecule has 2 aliphatic rings. The maximum atomic E-state index is 3.74. The van der Waals surface area contributed by atoms with Gasteiger partial charge in [0.1, 0.15) is 0 Å². The molecule has 1 aliphatic heterocycles. The van der Waals surface area contributed by atoms with Gasteiger partial charge in [-0.1, -0.05) is 43.5 Å². The van der Waals surface area contributed by atoms with E-state index in [0.717, 1.165) is 12.5 Å². The third kappa shape index (κ3) is 2.66. The highest BCUT2D eigenvalue weighted by molar-refractivity contribution is 5.85. The van der Waals surface area contributed by atoms with Crippen LogP contribution in [0.4, 0.5) is 0 Å². The van der Waals surface area contributed by atoms with Crippen molar-refractivity contribution in [2.75, 3.05) is 6.54 Å². The molecule has 94 valence electrons. The number of hydrogen-bond acceptors (Lipinski definition) is 1. The van der Waals surface area contributed by atoms with Crippen LogP contribution in [0, 0.1) is 5.92 Å². The van der Waals surface area contributed by atoms with E-state index in [-0.39, 0.29) is 12.4 Å². The van der Waals surface area contributed by atoms with Crippen molar-refractivity contribution in [1.82, 2.24) is 5.32 Å². The maximum Gasteiger partial charge on any atom is 0.0351 e. The van der Waals surface area contributed by atoms with Crippen molar-refractivity contribution in [1.29, 1.82) is 0 Å². The van der Waals surface area contributed by atoms with Gasteiger partial charge in [0.05, 0.1) is 0 Å². The van der Waals surface area contributed by atoms with Crippen LogP contribution in [0.25, 0.3) is 0 Å². The predicted octanol–water partition coefficient (Wildman–Crippen LogP) is 3.88. The summed E-state index contributed by atoms with van der Waals surface area (Å²) in [5, 5.41) is 3.74. The van der Waals surface area contributed by atoms with Crippen LogP contribution < -0.4 is 5.32 Å². The first-order valence-corrected chi connectivity index (χ1v) is 6.76.